The summed E-state index contributed by atoms with van der Waals surface area (Å²) in [6, 6.07) is 13.6. The normalized spacial score (nSPS) is 16.5. The van der Waals surface area contributed by atoms with Crippen LogP contribution in [-0.4, -0.2) is 64.5 Å². The van der Waals surface area contributed by atoms with Crippen molar-refractivity contribution >= 4 is 17.5 Å². The van der Waals surface area contributed by atoms with Crippen molar-refractivity contribution in [3.8, 4) is 0 Å². The molecule has 8 nitrogen and oxygen atoms in total. The molecule has 1 fully saturated rings. The number of fused-ring (bicyclic) bond motifs is 1. The Hall–Kier alpha value is -3.55. The van der Waals surface area contributed by atoms with E-state index in [1.807, 2.05) is 23.1 Å². The van der Waals surface area contributed by atoms with Crippen molar-refractivity contribution in [3.05, 3.63) is 71.4 Å². The SMILES string of the molecule is O=C(c1ccco1)N1CCc2[nH]nc(C(=O)N3CCN(c4ccccc4)CC3)c2C1. The van der Waals surface area contributed by atoms with Gasteiger partial charge in [0.25, 0.3) is 11.8 Å². The molecule has 0 spiro atoms. The first-order chi connectivity index (χ1) is 14.7. The zero-order chi connectivity index (χ0) is 20.5. The molecule has 1 saturated heterocycles. The maximum absolute atomic E-state index is 13.2. The monoisotopic (exact) mass is 405 g/mol. The largest absolute Gasteiger partial charge is 0.459 e. The van der Waals surface area contributed by atoms with E-state index in [0.29, 0.717) is 44.1 Å². The third-order valence-electron chi connectivity index (χ3n) is 5.84. The Morgan fingerprint density at radius 2 is 1.70 bits per heavy atom. The molecule has 154 valence electrons. The fourth-order valence-corrected chi connectivity index (χ4v) is 4.16. The number of furan rings is 1. The number of aromatic amines is 1. The molecule has 0 saturated carbocycles. The number of carbonyl (C=O) groups excluding carboxylic acids is 2. The third kappa shape index (κ3) is 3.34. The molecule has 30 heavy (non-hydrogen) atoms. The number of rotatable bonds is 3. The van der Waals surface area contributed by atoms with Crippen LogP contribution in [0, 0.1) is 0 Å². The van der Waals surface area contributed by atoms with Gasteiger partial charge < -0.3 is 19.1 Å². The molecular weight excluding hydrogens is 382 g/mol. The van der Waals surface area contributed by atoms with Crippen LogP contribution in [0.15, 0.2) is 53.1 Å². The minimum Gasteiger partial charge on any atom is -0.459 e. The number of nitrogens with zero attached hydrogens (tertiary/aromatic N) is 4. The first-order valence-corrected chi connectivity index (χ1v) is 10.2. The van der Waals surface area contributed by atoms with Gasteiger partial charge in [0.15, 0.2) is 11.5 Å². The molecule has 4 heterocycles. The van der Waals surface area contributed by atoms with E-state index in [1.54, 1.807) is 17.0 Å². The smallest absolute Gasteiger partial charge is 0.289 e. The molecule has 5 rings (SSSR count). The fraction of sp³-hybridized carbons (Fsp3) is 0.318. The highest BCUT2D eigenvalue weighted by atomic mass is 16.3. The Bertz CT molecular complexity index is 1040. The van der Waals surface area contributed by atoms with E-state index >= 15 is 0 Å². The van der Waals surface area contributed by atoms with Crippen molar-refractivity contribution in [1.82, 2.24) is 20.0 Å². The number of aromatic nitrogens is 2. The molecule has 0 radical (unpaired) electrons. The summed E-state index contributed by atoms with van der Waals surface area (Å²) < 4.78 is 5.24. The molecule has 2 amide bonds. The molecular formula is C22H23N5O3. The molecule has 1 aromatic carbocycles. The summed E-state index contributed by atoms with van der Waals surface area (Å²) in [6.07, 6.45) is 2.13. The number of benzene rings is 1. The van der Waals surface area contributed by atoms with Crippen LogP contribution < -0.4 is 4.90 Å². The highest BCUT2D eigenvalue weighted by Crippen LogP contribution is 2.24. The Labute approximate surface area is 174 Å². The minimum atomic E-state index is -0.165. The van der Waals surface area contributed by atoms with Gasteiger partial charge in [-0.25, -0.2) is 0 Å². The number of amides is 2. The standard InChI is InChI=1S/C22H23N5O3/c28-21(19-7-4-14-30-19)27-9-8-18-17(15-27)20(24-23-18)22(29)26-12-10-25(11-13-26)16-5-2-1-3-6-16/h1-7,14H,8-13,15H2,(H,23,24). The lowest BCUT2D eigenvalue weighted by Gasteiger charge is -2.36. The average molecular weight is 405 g/mol. The second-order valence-electron chi connectivity index (χ2n) is 7.60. The predicted octanol–water partition coefficient (Wildman–Crippen LogP) is 2.16. The van der Waals surface area contributed by atoms with Crippen molar-refractivity contribution in [3.63, 3.8) is 0 Å². The molecule has 2 aliphatic rings. The van der Waals surface area contributed by atoms with Crippen molar-refractivity contribution in [2.75, 3.05) is 37.6 Å². The number of piperazine rings is 1. The van der Waals surface area contributed by atoms with Gasteiger partial charge in [-0.15, -0.1) is 0 Å². The molecule has 1 N–H and O–H groups in total. The topological polar surface area (TPSA) is 85.7 Å². The van der Waals surface area contributed by atoms with Crippen LogP contribution in [0.2, 0.25) is 0 Å². The maximum Gasteiger partial charge on any atom is 0.289 e. The van der Waals surface area contributed by atoms with Crippen molar-refractivity contribution in [2.24, 2.45) is 0 Å². The lowest BCUT2D eigenvalue weighted by atomic mass is 10.0. The van der Waals surface area contributed by atoms with Gasteiger partial charge in [-0.05, 0) is 24.3 Å². The summed E-state index contributed by atoms with van der Waals surface area (Å²) >= 11 is 0. The van der Waals surface area contributed by atoms with Crippen LogP contribution in [0.3, 0.4) is 0 Å². The molecule has 0 atom stereocenters. The van der Waals surface area contributed by atoms with E-state index in [1.165, 1.54) is 12.0 Å². The van der Waals surface area contributed by atoms with E-state index in [0.717, 1.165) is 24.3 Å². The average Bonchev–Trinajstić information content (AvgIpc) is 3.49. The van der Waals surface area contributed by atoms with Gasteiger partial charge >= 0.3 is 0 Å². The lowest BCUT2D eigenvalue weighted by Crippen LogP contribution is -2.49. The van der Waals surface area contributed by atoms with Gasteiger partial charge in [-0.3, -0.25) is 14.7 Å². The maximum atomic E-state index is 13.2. The summed E-state index contributed by atoms with van der Waals surface area (Å²) in [7, 11) is 0. The number of hydrogen-bond acceptors (Lipinski definition) is 5. The van der Waals surface area contributed by atoms with Gasteiger partial charge in [0, 0.05) is 56.1 Å². The van der Waals surface area contributed by atoms with E-state index < -0.39 is 0 Å². The molecule has 3 aromatic rings. The summed E-state index contributed by atoms with van der Waals surface area (Å²) in [5.41, 5.74) is 3.35. The summed E-state index contributed by atoms with van der Waals surface area (Å²) in [5, 5.41) is 7.32. The molecule has 2 aliphatic heterocycles. The van der Waals surface area contributed by atoms with E-state index in [4.69, 9.17) is 4.42 Å². The van der Waals surface area contributed by atoms with Gasteiger partial charge in [0.2, 0.25) is 0 Å². The van der Waals surface area contributed by atoms with Gasteiger partial charge in [0.05, 0.1) is 12.8 Å². The third-order valence-corrected chi connectivity index (χ3v) is 5.84. The number of para-hydroxylation sites is 1. The lowest BCUT2D eigenvalue weighted by molar-refractivity contribution is 0.0688. The van der Waals surface area contributed by atoms with Crippen molar-refractivity contribution < 1.29 is 14.0 Å². The second-order valence-corrected chi connectivity index (χ2v) is 7.60. The number of carbonyl (C=O) groups is 2. The van der Waals surface area contributed by atoms with Crippen molar-refractivity contribution in [1.29, 1.82) is 0 Å². The van der Waals surface area contributed by atoms with Gasteiger partial charge in [-0.1, -0.05) is 18.2 Å². The highest BCUT2D eigenvalue weighted by molar-refractivity contribution is 5.95. The quantitative estimate of drug-likeness (QED) is 0.722. The van der Waals surface area contributed by atoms with Crippen LogP contribution in [0.1, 0.15) is 32.3 Å². The second kappa shape index (κ2) is 7.70. The minimum absolute atomic E-state index is 0.0764. The molecule has 2 aromatic heterocycles. The Morgan fingerprint density at radius 3 is 2.43 bits per heavy atom. The summed E-state index contributed by atoms with van der Waals surface area (Å²) in [4.78, 5) is 31.7. The molecule has 8 heteroatoms. The first-order valence-electron chi connectivity index (χ1n) is 10.2. The summed E-state index contributed by atoms with van der Waals surface area (Å²) in [5.74, 6) is 0.0705. The van der Waals surface area contributed by atoms with Crippen LogP contribution in [0.25, 0.3) is 0 Å². The molecule has 0 aliphatic carbocycles. The molecule has 0 bridgehead atoms. The van der Waals surface area contributed by atoms with Gasteiger partial charge in [-0.2, -0.15) is 5.10 Å². The van der Waals surface area contributed by atoms with E-state index in [9.17, 15) is 9.59 Å². The van der Waals surface area contributed by atoms with Gasteiger partial charge in [0.1, 0.15) is 0 Å². The Kier molecular flexibility index (Phi) is 4.74. The van der Waals surface area contributed by atoms with E-state index in [2.05, 4.69) is 27.2 Å². The van der Waals surface area contributed by atoms with Crippen LogP contribution in [-0.2, 0) is 13.0 Å². The highest BCUT2D eigenvalue weighted by Gasteiger charge is 2.32. The zero-order valence-electron chi connectivity index (χ0n) is 16.6. The predicted molar refractivity (Wildman–Crippen MR) is 110 cm³/mol. The van der Waals surface area contributed by atoms with Crippen LogP contribution in [0.4, 0.5) is 5.69 Å². The van der Waals surface area contributed by atoms with E-state index in [-0.39, 0.29) is 11.8 Å². The van der Waals surface area contributed by atoms with Crippen LogP contribution >= 0.6 is 0 Å². The fourth-order valence-electron chi connectivity index (χ4n) is 4.16. The Morgan fingerprint density at radius 1 is 0.900 bits per heavy atom. The first kappa shape index (κ1) is 18.5. The molecule has 0 unspecified atom stereocenters. The number of anilines is 1. The summed E-state index contributed by atoms with van der Waals surface area (Å²) in [6.45, 7) is 3.78. The van der Waals surface area contributed by atoms with Crippen LogP contribution in [0.5, 0.6) is 0 Å². The number of hydrogen-bond donors (Lipinski definition) is 1. The zero-order valence-corrected chi connectivity index (χ0v) is 16.6. The number of nitrogens with one attached hydrogen (secondary N) is 1. The Balaban J connectivity index is 1.28. The van der Waals surface area contributed by atoms with Crippen molar-refractivity contribution in [2.45, 2.75) is 13.0 Å². The number of H-pyrrole nitrogens is 1.